The lowest BCUT2D eigenvalue weighted by atomic mass is 9.85. The minimum absolute atomic E-state index is 0.0609. The second kappa shape index (κ2) is 11.0. The Morgan fingerprint density at radius 2 is 1.83 bits per heavy atom. The maximum atomic E-state index is 13.0. The Labute approximate surface area is 211 Å². The molecule has 0 radical (unpaired) electrons. The molecule has 1 aromatic heterocycles. The lowest BCUT2D eigenvalue weighted by Crippen LogP contribution is -2.29. The third-order valence-electron chi connectivity index (χ3n) is 6.81. The number of amides is 1. The van der Waals surface area contributed by atoms with Crippen LogP contribution in [-0.2, 0) is 32.9 Å². The zero-order valence-electron chi connectivity index (χ0n) is 21.4. The van der Waals surface area contributed by atoms with E-state index >= 15 is 0 Å². The van der Waals surface area contributed by atoms with Crippen molar-refractivity contribution < 1.29 is 22.0 Å². The first-order valence-corrected chi connectivity index (χ1v) is 15.4. The molecule has 2 aromatic rings. The Morgan fingerprint density at radius 1 is 1.17 bits per heavy atom. The highest BCUT2D eigenvalue weighted by Gasteiger charge is 2.25. The van der Waals surface area contributed by atoms with E-state index in [0.29, 0.717) is 16.4 Å². The van der Waals surface area contributed by atoms with Gasteiger partial charge in [-0.1, -0.05) is 46.1 Å². The average Bonchev–Trinajstić information content (AvgIpc) is 3.08. The van der Waals surface area contributed by atoms with Crippen molar-refractivity contribution in [2.75, 3.05) is 18.6 Å². The van der Waals surface area contributed by atoms with Crippen LogP contribution in [0.3, 0.4) is 0 Å². The van der Waals surface area contributed by atoms with Gasteiger partial charge < -0.3 is 14.4 Å². The summed E-state index contributed by atoms with van der Waals surface area (Å²) in [5.74, 6) is 0.127. The maximum Gasteiger partial charge on any atom is 0.253 e. The van der Waals surface area contributed by atoms with Gasteiger partial charge in [0, 0.05) is 30.7 Å². The number of hydrogen-bond acceptors (Lipinski definition) is 4. The van der Waals surface area contributed by atoms with E-state index in [1.54, 1.807) is 6.07 Å². The molecule has 1 aromatic carbocycles. The van der Waals surface area contributed by atoms with Crippen LogP contribution in [0.15, 0.2) is 29.2 Å². The molecule has 0 spiro atoms. The third kappa shape index (κ3) is 7.05. The highest BCUT2D eigenvalue weighted by Crippen LogP contribution is 2.35. The highest BCUT2D eigenvalue weighted by atomic mass is 32.2. The molecule has 1 saturated carbocycles. The first kappa shape index (κ1) is 27.6. The lowest BCUT2D eigenvalue weighted by molar-refractivity contribution is 0.0955. The van der Waals surface area contributed by atoms with Gasteiger partial charge in [-0.05, 0) is 60.4 Å². The smallest absolute Gasteiger partial charge is 0.253 e. The Morgan fingerprint density at radius 3 is 2.40 bits per heavy atom. The Balaban J connectivity index is 2.06. The number of nitrogens with zero attached hydrogens (tertiary/aromatic N) is 1. The number of sulfone groups is 1. The van der Waals surface area contributed by atoms with E-state index in [-0.39, 0.29) is 23.6 Å². The number of benzene rings is 1. The molecule has 3 rings (SSSR count). The van der Waals surface area contributed by atoms with Crippen molar-refractivity contribution in [3.63, 3.8) is 0 Å². The van der Waals surface area contributed by atoms with E-state index in [2.05, 4.69) is 9.88 Å². The first-order chi connectivity index (χ1) is 16.3. The Bertz CT molecular complexity index is 1200. The van der Waals surface area contributed by atoms with Crippen LogP contribution in [0.25, 0.3) is 11.3 Å². The monoisotopic (exact) mass is 522 g/mol. The zero-order chi connectivity index (χ0) is 26.0. The predicted molar refractivity (Wildman–Crippen MR) is 141 cm³/mol. The number of aromatic nitrogens is 1. The van der Waals surface area contributed by atoms with Crippen LogP contribution in [0.1, 0.15) is 74.5 Å². The minimum atomic E-state index is -3.17. The Hall–Kier alpha value is -1.97. The van der Waals surface area contributed by atoms with Gasteiger partial charge in [0.2, 0.25) is 0 Å². The molecule has 1 atom stereocenters. The largest absolute Gasteiger partial charge is 0.351 e. The lowest BCUT2D eigenvalue weighted by Gasteiger charge is -2.25. The molecule has 1 fully saturated rings. The molecule has 0 aliphatic heterocycles. The van der Waals surface area contributed by atoms with Crippen molar-refractivity contribution in [2.24, 2.45) is 5.92 Å². The van der Waals surface area contributed by atoms with E-state index in [1.165, 1.54) is 19.3 Å². The van der Waals surface area contributed by atoms with Crippen molar-refractivity contribution in [2.45, 2.75) is 76.7 Å². The fourth-order valence-electron chi connectivity index (χ4n) is 4.85. The molecule has 1 heterocycles. The maximum absolute atomic E-state index is 13.0. The SMILES string of the molecule is Cc1c(C(=O)NCCS(C)(=O)=O)cc(-c2ccc(S(=O)O)c(C(C)(C)C)c2)n1CC1CCCCC1. The van der Waals surface area contributed by atoms with E-state index in [1.807, 2.05) is 45.9 Å². The highest BCUT2D eigenvalue weighted by molar-refractivity contribution is 7.90. The molecule has 1 amide bonds. The molecule has 1 unspecified atom stereocenters. The molecule has 1 aliphatic rings. The van der Waals surface area contributed by atoms with Crippen molar-refractivity contribution in [1.29, 1.82) is 0 Å². The number of hydrogen-bond donors (Lipinski definition) is 2. The van der Waals surface area contributed by atoms with E-state index in [9.17, 15) is 22.0 Å². The van der Waals surface area contributed by atoms with E-state index in [0.717, 1.165) is 48.2 Å². The molecule has 194 valence electrons. The molecule has 35 heavy (non-hydrogen) atoms. The van der Waals surface area contributed by atoms with Crippen molar-refractivity contribution >= 4 is 26.8 Å². The molecule has 0 bridgehead atoms. The van der Waals surface area contributed by atoms with E-state index in [4.69, 9.17) is 0 Å². The summed E-state index contributed by atoms with van der Waals surface area (Å²) in [7, 11) is -3.17. The van der Waals surface area contributed by atoms with Crippen LogP contribution in [0, 0.1) is 12.8 Å². The summed E-state index contributed by atoms with van der Waals surface area (Å²) >= 11 is -2.10. The van der Waals surface area contributed by atoms with Crippen LogP contribution in [-0.4, -0.2) is 46.2 Å². The second-order valence-electron chi connectivity index (χ2n) is 10.7. The van der Waals surface area contributed by atoms with Crippen LogP contribution in [0.4, 0.5) is 0 Å². The van der Waals surface area contributed by atoms with Gasteiger partial charge in [0.25, 0.3) is 5.91 Å². The standard InChI is InChI=1S/C26H38N2O5S2/c1-18-21(25(29)27-13-14-35(5,32)33)16-23(28(18)17-19-9-7-6-8-10-19)20-11-12-24(34(30)31)22(15-20)26(2,3)4/h11-12,15-16,19H,6-10,13-14,17H2,1-5H3,(H,27,29)(H,30,31). The van der Waals surface area contributed by atoms with Crippen LogP contribution in [0.2, 0.25) is 0 Å². The summed E-state index contributed by atoms with van der Waals surface area (Å²) < 4.78 is 46.9. The second-order valence-corrected chi connectivity index (χ2v) is 13.9. The predicted octanol–water partition coefficient (Wildman–Crippen LogP) is 4.70. The summed E-state index contributed by atoms with van der Waals surface area (Å²) in [4.78, 5) is 13.4. The first-order valence-electron chi connectivity index (χ1n) is 12.2. The zero-order valence-corrected chi connectivity index (χ0v) is 23.0. The number of carbonyl (C=O) groups excluding carboxylic acids is 1. The normalized spacial score (nSPS) is 16.3. The van der Waals surface area contributed by atoms with Crippen molar-refractivity contribution in [1.82, 2.24) is 9.88 Å². The summed E-state index contributed by atoms with van der Waals surface area (Å²) in [6.45, 7) is 8.82. The van der Waals surface area contributed by atoms with E-state index < -0.39 is 20.9 Å². The molecular weight excluding hydrogens is 484 g/mol. The fourth-order valence-corrected chi connectivity index (χ4v) is 6.06. The van der Waals surface area contributed by atoms with Crippen LogP contribution in [0.5, 0.6) is 0 Å². The van der Waals surface area contributed by atoms with Gasteiger partial charge in [-0.25, -0.2) is 12.6 Å². The number of carbonyl (C=O) groups is 1. The van der Waals surface area contributed by atoms with Gasteiger partial charge in [-0.3, -0.25) is 4.79 Å². The van der Waals surface area contributed by atoms with Gasteiger partial charge in [-0.2, -0.15) is 0 Å². The van der Waals surface area contributed by atoms with Gasteiger partial charge in [-0.15, -0.1) is 0 Å². The van der Waals surface area contributed by atoms with Gasteiger partial charge in [0.15, 0.2) is 11.1 Å². The topological polar surface area (TPSA) is 105 Å². The quantitative estimate of drug-likeness (QED) is 0.489. The molecule has 7 nitrogen and oxygen atoms in total. The van der Waals surface area contributed by atoms with Gasteiger partial charge >= 0.3 is 0 Å². The van der Waals surface area contributed by atoms with Crippen molar-refractivity contribution in [3.8, 4) is 11.3 Å². The molecular formula is C26H38N2O5S2. The minimum Gasteiger partial charge on any atom is -0.351 e. The van der Waals surface area contributed by atoms with Crippen LogP contribution < -0.4 is 5.32 Å². The fraction of sp³-hybridized carbons (Fsp3) is 0.577. The van der Waals surface area contributed by atoms with Gasteiger partial charge in [0.05, 0.1) is 16.2 Å². The summed E-state index contributed by atoms with van der Waals surface area (Å²) in [5.41, 5.74) is 3.59. The molecule has 0 saturated heterocycles. The summed E-state index contributed by atoms with van der Waals surface area (Å²) in [6.07, 6.45) is 7.15. The van der Waals surface area contributed by atoms with Gasteiger partial charge in [0.1, 0.15) is 9.84 Å². The number of nitrogens with one attached hydrogen (secondary N) is 1. The average molecular weight is 523 g/mol. The Kier molecular flexibility index (Phi) is 8.65. The van der Waals surface area contributed by atoms with Crippen LogP contribution >= 0.6 is 0 Å². The molecule has 9 heteroatoms. The molecule has 1 aliphatic carbocycles. The summed E-state index contributed by atoms with van der Waals surface area (Å²) in [6, 6.07) is 7.37. The molecule has 2 N–H and O–H groups in total. The summed E-state index contributed by atoms with van der Waals surface area (Å²) in [5, 5.41) is 2.75. The van der Waals surface area contributed by atoms with Crippen molar-refractivity contribution in [3.05, 3.63) is 41.1 Å². The number of rotatable bonds is 8. The third-order valence-corrected chi connectivity index (χ3v) is 8.48.